The van der Waals surface area contributed by atoms with Gasteiger partial charge in [-0.2, -0.15) is 0 Å². The summed E-state index contributed by atoms with van der Waals surface area (Å²) in [6.07, 6.45) is 4.40. The van der Waals surface area contributed by atoms with Crippen molar-refractivity contribution in [2.75, 3.05) is 6.54 Å². The molecule has 1 aromatic heterocycles. The molecule has 1 N–H and O–H groups in total. The molecule has 0 aliphatic carbocycles. The van der Waals surface area contributed by atoms with E-state index in [2.05, 4.69) is 17.2 Å². The Morgan fingerprint density at radius 3 is 2.45 bits per heavy atom. The standard InChI is InChI=1S/C15H17N3O2/c1-12(14-7-9-16-10-8-14)17-11-6-13-2-4-15(5-3-13)18(19)20/h2-5,7-10,12,17H,6,11H2,1H3/t12-/m0/s1. The number of rotatable bonds is 6. The van der Waals surface area contributed by atoms with E-state index in [1.165, 1.54) is 5.56 Å². The number of nitrogens with one attached hydrogen (secondary N) is 1. The minimum atomic E-state index is -0.381. The van der Waals surface area contributed by atoms with Gasteiger partial charge in [0.25, 0.3) is 5.69 Å². The van der Waals surface area contributed by atoms with Gasteiger partial charge < -0.3 is 5.32 Å². The molecule has 0 spiro atoms. The molecule has 0 aliphatic heterocycles. The molecule has 1 aromatic carbocycles. The predicted molar refractivity (Wildman–Crippen MR) is 77.5 cm³/mol. The number of pyridine rings is 1. The lowest BCUT2D eigenvalue weighted by Gasteiger charge is -2.13. The molecule has 2 rings (SSSR count). The lowest BCUT2D eigenvalue weighted by atomic mass is 10.1. The number of hydrogen-bond acceptors (Lipinski definition) is 4. The monoisotopic (exact) mass is 271 g/mol. The summed E-state index contributed by atoms with van der Waals surface area (Å²) < 4.78 is 0. The molecule has 2 aromatic rings. The first-order chi connectivity index (χ1) is 9.66. The molecule has 20 heavy (non-hydrogen) atoms. The zero-order valence-corrected chi connectivity index (χ0v) is 11.3. The molecule has 0 radical (unpaired) electrons. The van der Waals surface area contributed by atoms with Crippen LogP contribution in [0.3, 0.4) is 0 Å². The van der Waals surface area contributed by atoms with E-state index in [-0.39, 0.29) is 16.7 Å². The van der Waals surface area contributed by atoms with Crippen LogP contribution in [0, 0.1) is 10.1 Å². The van der Waals surface area contributed by atoms with Crippen molar-refractivity contribution in [3.8, 4) is 0 Å². The molecular formula is C15H17N3O2. The first kappa shape index (κ1) is 14.1. The minimum absolute atomic E-state index is 0.131. The van der Waals surface area contributed by atoms with Gasteiger partial charge in [0.2, 0.25) is 0 Å². The molecule has 0 bridgehead atoms. The number of aromatic nitrogens is 1. The van der Waals surface area contributed by atoms with Crippen molar-refractivity contribution < 1.29 is 4.92 Å². The van der Waals surface area contributed by atoms with E-state index >= 15 is 0 Å². The number of nitro groups is 1. The summed E-state index contributed by atoms with van der Waals surface area (Å²) in [5.74, 6) is 0. The molecule has 0 unspecified atom stereocenters. The molecule has 1 atom stereocenters. The van der Waals surface area contributed by atoms with Gasteiger partial charge >= 0.3 is 0 Å². The quantitative estimate of drug-likeness (QED) is 0.648. The van der Waals surface area contributed by atoms with Gasteiger partial charge in [-0.15, -0.1) is 0 Å². The third kappa shape index (κ3) is 3.86. The molecule has 0 fully saturated rings. The van der Waals surface area contributed by atoms with Gasteiger partial charge in [0.15, 0.2) is 0 Å². The average Bonchev–Trinajstić information content (AvgIpc) is 2.48. The summed E-state index contributed by atoms with van der Waals surface area (Å²) in [7, 11) is 0. The Morgan fingerprint density at radius 1 is 1.20 bits per heavy atom. The van der Waals surface area contributed by atoms with Crippen molar-refractivity contribution in [3.63, 3.8) is 0 Å². The summed E-state index contributed by atoms with van der Waals surface area (Å²) in [5.41, 5.74) is 2.42. The smallest absolute Gasteiger partial charge is 0.269 e. The van der Waals surface area contributed by atoms with Gasteiger partial charge in [0.05, 0.1) is 4.92 Å². The predicted octanol–water partition coefficient (Wildman–Crippen LogP) is 2.88. The Kier molecular flexibility index (Phi) is 4.79. The summed E-state index contributed by atoms with van der Waals surface area (Å²) in [4.78, 5) is 14.2. The van der Waals surface area contributed by atoms with Gasteiger partial charge in [0, 0.05) is 30.6 Å². The minimum Gasteiger partial charge on any atom is -0.310 e. The van der Waals surface area contributed by atoms with E-state index in [0.717, 1.165) is 18.5 Å². The third-order valence-electron chi connectivity index (χ3n) is 3.22. The second-order valence-corrected chi connectivity index (χ2v) is 4.63. The molecule has 0 amide bonds. The number of hydrogen-bond donors (Lipinski definition) is 1. The molecule has 5 nitrogen and oxygen atoms in total. The second kappa shape index (κ2) is 6.77. The largest absolute Gasteiger partial charge is 0.310 e. The fourth-order valence-electron chi connectivity index (χ4n) is 1.99. The lowest BCUT2D eigenvalue weighted by Crippen LogP contribution is -2.21. The zero-order chi connectivity index (χ0) is 14.4. The second-order valence-electron chi connectivity index (χ2n) is 4.63. The number of nitro benzene ring substituents is 1. The topological polar surface area (TPSA) is 68.1 Å². The van der Waals surface area contributed by atoms with Crippen LogP contribution in [0.25, 0.3) is 0 Å². The van der Waals surface area contributed by atoms with Crippen LogP contribution >= 0.6 is 0 Å². The van der Waals surface area contributed by atoms with Crippen molar-refractivity contribution in [1.82, 2.24) is 10.3 Å². The fraction of sp³-hybridized carbons (Fsp3) is 0.267. The number of benzene rings is 1. The summed E-state index contributed by atoms with van der Waals surface area (Å²) in [5, 5.41) is 14.0. The van der Waals surface area contributed by atoms with Gasteiger partial charge in [0.1, 0.15) is 0 Å². The Labute approximate surface area is 117 Å². The van der Waals surface area contributed by atoms with Crippen LogP contribution in [0.1, 0.15) is 24.1 Å². The molecule has 1 heterocycles. The van der Waals surface area contributed by atoms with E-state index in [1.54, 1.807) is 36.7 Å². The molecule has 0 saturated heterocycles. The lowest BCUT2D eigenvalue weighted by molar-refractivity contribution is -0.384. The molecule has 104 valence electrons. The Hall–Kier alpha value is -2.27. The van der Waals surface area contributed by atoms with Gasteiger partial charge in [-0.05, 0) is 43.1 Å². The Balaban J connectivity index is 1.82. The van der Waals surface area contributed by atoms with Crippen molar-refractivity contribution in [2.24, 2.45) is 0 Å². The first-order valence-electron chi connectivity index (χ1n) is 6.53. The van der Waals surface area contributed by atoms with E-state index in [4.69, 9.17) is 0 Å². The molecular weight excluding hydrogens is 254 g/mol. The van der Waals surface area contributed by atoms with Crippen LogP contribution in [0.15, 0.2) is 48.8 Å². The van der Waals surface area contributed by atoms with E-state index in [9.17, 15) is 10.1 Å². The highest BCUT2D eigenvalue weighted by Gasteiger charge is 2.05. The molecule has 0 saturated carbocycles. The van der Waals surface area contributed by atoms with Crippen LogP contribution < -0.4 is 5.32 Å². The van der Waals surface area contributed by atoms with Crippen LogP contribution in [0.4, 0.5) is 5.69 Å². The molecule has 0 aliphatic rings. The number of nitrogens with zero attached hydrogens (tertiary/aromatic N) is 2. The van der Waals surface area contributed by atoms with E-state index in [1.807, 2.05) is 12.1 Å². The van der Waals surface area contributed by atoms with Crippen LogP contribution in [0.5, 0.6) is 0 Å². The van der Waals surface area contributed by atoms with Gasteiger partial charge in [-0.1, -0.05) is 12.1 Å². The van der Waals surface area contributed by atoms with E-state index in [0.29, 0.717) is 0 Å². The SMILES string of the molecule is C[C@H](NCCc1ccc([N+](=O)[O-])cc1)c1ccncc1. The van der Waals surface area contributed by atoms with Gasteiger partial charge in [-0.3, -0.25) is 15.1 Å². The van der Waals surface area contributed by atoms with Crippen molar-refractivity contribution >= 4 is 5.69 Å². The maximum atomic E-state index is 10.6. The van der Waals surface area contributed by atoms with E-state index < -0.39 is 0 Å². The third-order valence-corrected chi connectivity index (χ3v) is 3.22. The summed E-state index contributed by atoms with van der Waals surface area (Å²) in [6, 6.07) is 10.9. The zero-order valence-electron chi connectivity index (χ0n) is 11.3. The maximum absolute atomic E-state index is 10.6. The van der Waals surface area contributed by atoms with Gasteiger partial charge in [-0.25, -0.2) is 0 Å². The summed E-state index contributed by atoms with van der Waals surface area (Å²) in [6.45, 7) is 2.92. The first-order valence-corrected chi connectivity index (χ1v) is 6.53. The summed E-state index contributed by atoms with van der Waals surface area (Å²) >= 11 is 0. The van der Waals surface area contributed by atoms with Crippen LogP contribution in [-0.4, -0.2) is 16.5 Å². The number of non-ortho nitro benzene ring substituents is 1. The highest BCUT2D eigenvalue weighted by Crippen LogP contribution is 2.13. The average molecular weight is 271 g/mol. The van der Waals surface area contributed by atoms with Crippen molar-refractivity contribution in [1.29, 1.82) is 0 Å². The highest BCUT2D eigenvalue weighted by molar-refractivity contribution is 5.32. The van der Waals surface area contributed by atoms with Crippen molar-refractivity contribution in [2.45, 2.75) is 19.4 Å². The van der Waals surface area contributed by atoms with Crippen molar-refractivity contribution in [3.05, 3.63) is 70.0 Å². The molecule has 5 heteroatoms. The maximum Gasteiger partial charge on any atom is 0.269 e. The Morgan fingerprint density at radius 2 is 1.85 bits per heavy atom. The van der Waals surface area contributed by atoms with Crippen LogP contribution in [-0.2, 0) is 6.42 Å². The normalized spacial score (nSPS) is 12.1. The Bertz CT molecular complexity index is 555. The fourth-order valence-corrected chi connectivity index (χ4v) is 1.99. The highest BCUT2D eigenvalue weighted by atomic mass is 16.6. The van der Waals surface area contributed by atoms with Crippen LogP contribution in [0.2, 0.25) is 0 Å².